The lowest BCUT2D eigenvalue weighted by Gasteiger charge is -2.41. The number of hydrogen-bond acceptors (Lipinski definition) is 6. The summed E-state index contributed by atoms with van der Waals surface area (Å²) in [7, 11) is 0. The van der Waals surface area contributed by atoms with Crippen molar-refractivity contribution in [2.45, 2.75) is 33.0 Å². The van der Waals surface area contributed by atoms with Crippen LogP contribution in [0.3, 0.4) is 0 Å². The molecule has 3 N–H and O–H groups in total. The summed E-state index contributed by atoms with van der Waals surface area (Å²) < 4.78 is 6.05. The number of aromatic nitrogens is 2. The van der Waals surface area contributed by atoms with Gasteiger partial charge in [-0.1, -0.05) is 65.7 Å². The number of nitrogens with zero attached hydrogens (tertiary/aromatic N) is 3. The molecule has 1 aromatic heterocycles. The second kappa shape index (κ2) is 11.0. The fourth-order valence-corrected chi connectivity index (χ4v) is 4.79. The molecule has 3 aromatic rings. The summed E-state index contributed by atoms with van der Waals surface area (Å²) in [4.78, 5) is 11.7. The number of benzene rings is 2. The summed E-state index contributed by atoms with van der Waals surface area (Å²) in [6, 6.07) is 15.6. The molecule has 0 bridgehead atoms. The van der Waals surface area contributed by atoms with Gasteiger partial charge < -0.3 is 20.5 Å². The van der Waals surface area contributed by atoms with Crippen molar-refractivity contribution >= 4 is 29.0 Å². The van der Waals surface area contributed by atoms with Crippen LogP contribution in [-0.4, -0.2) is 41.3 Å². The fraction of sp³-hybridized carbons (Fsp3) is 0.385. The Balaban J connectivity index is 1.48. The molecule has 2 aromatic carbocycles. The van der Waals surface area contributed by atoms with E-state index in [0.717, 1.165) is 37.2 Å². The molecular weight excluding hydrogens is 471 g/mol. The number of hydrogen-bond donors (Lipinski definition) is 2. The van der Waals surface area contributed by atoms with E-state index in [1.54, 1.807) is 6.07 Å². The summed E-state index contributed by atoms with van der Waals surface area (Å²) in [5.41, 5.74) is 9.89. The highest BCUT2D eigenvalue weighted by Crippen LogP contribution is 2.37. The van der Waals surface area contributed by atoms with Gasteiger partial charge in [0.25, 0.3) is 0 Å². The minimum absolute atomic E-state index is 0.0681. The van der Waals surface area contributed by atoms with Gasteiger partial charge in [-0.25, -0.2) is 9.97 Å². The number of anilines is 1. The van der Waals surface area contributed by atoms with Crippen molar-refractivity contribution in [3.05, 3.63) is 75.5 Å². The van der Waals surface area contributed by atoms with Crippen LogP contribution >= 0.6 is 23.2 Å². The first-order valence-corrected chi connectivity index (χ1v) is 12.2. The van der Waals surface area contributed by atoms with Crippen LogP contribution in [0.4, 0.5) is 5.82 Å². The zero-order valence-electron chi connectivity index (χ0n) is 19.3. The Kier molecular flexibility index (Phi) is 8.06. The van der Waals surface area contributed by atoms with Crippen LogP contribution in [0.2, 0.25) is 10.0 Å². The van der Waals surface area contributed by atoms with E-state index < -0.39 is 0 Å². The van der Waals surface area contributed by atoms with Crippen molar-refractivity contribution in [2.24, 2.45) is 11.1 Å². The van der Waals surface area contributed by atoms with Gasteiger partial charge in [0, 0.05) is 30.6 Å². The number of nitrogens with two attached hydrogens (primary N) is 1. The molecular formula is C26H30Cl2N4O2. The van der Waals surface area contributed by atoms with Crippen molar-refractivity contribution in [3.8, 4) is 11.3 Å². The molecule has 1 saturated heterocycles. The van der Waals surface area contributed by atoms with Gasteiger partial charge in [0.2, 0.25) is 0 Å². The molecule has 8 heteroatoms. The number of aliphatic hydroxyl groups excluding tert-OH is 1. The maximum atomic E-state index is 10.1. The lowest BCUT2D eigenvalue weighted by Crippen LogP contribution is -2.47. The van der Waals surface area contributed by atoms with E-state index in [0.29, 0.717) is 52.6 Å². The number of ether oxygens (including phenoxy) is 1. The van der Waals surface area contributed by atoms with Crippen LogP contribution in [-0.2, 0) is 18.0 Å². The number of rotatable bonds is 8. The third-order valence-corrected chi connectivity index (χ3v) is 7.37. The summed E-state index contributed by atoms with van der Waals surface area (Å²) >= 11 is 12.6. The van der Waals surface area contributed by atoms with Crippen molar-refractivity contribution in [3.63, 3.8) is 0 Å². The predicted octanol–water partition coefficient (Wildman–Crippen LogP) is 5.01. The maximum absolute atomic E-state index is 10.1. The van der Waals surface area contributed by atoms with E-state index in [1.165, 1.54) is 0 Å². The van der Waals surface area contributed by atoms with Crippen LogP contribution in [0.1, 0.15) is 29.8 Å². The molecule has 0 saturated carbocycles. The highest BCUT2D eigenvalue weighted by molar-refractivity contribution is 6.43. The first-order valence-electron chi connectivity index (χ1n) is 11.5. The Bertz CT molecular complexity index is 1120. The van der Waals surface area contributed by atoms with Gasteiger partial charge in [-0.15, -0.1) is 0 Å². The van der Waals surface area contributed by atoms with E-state index in [4.69, 9.17) is 43.6 Å². The van der Waals surface area contributed by atoms with Crippen molar-refractivity contribution < 1.29 is 9.84 Å². The highest BCUT2D eigenvalue weighted by atomic mass is 35.5. The quantitative estimate of drug-likeness (QED) is 0.451. The largest absolute Gasteiger partial charge is 0.390 e. The lowest BCUT2D eigenvalue weighted by molar-refractivity contribution is 0.0236. The Morgan fingerprint density at radius 2 is 1.79 bits per heavy atom. The summed E-state index contributed by atoms with van der Waals surface area (Å²) in [5, 5.41) is 11.0. The minimum Gasteiger partial charge on any atom is -0.390 e. The zero-order valence-corrected chi connectivity index (χ0v) is 20.8. The SMILES string of the molecule is Cc1nc(N2CCC(CN)(COCc3ccccc3)CC2)c(CO)nc1-c1cccc(Cl)c1Cl. The average molecular weight is 501 g/mol. The average Bonchev–Trinajstić information content (AvgIpc) is 2.87. The van der Waals surface area contributed by atoms with Gasteiger partial charge in [0.15, 0.2) is 5.82 Å². The minimum atomic E-state index is -0.216. The molecule has 1 fully saturated rings. The first kappa shape index (κ1) is 24.9. The standard InChI is InChI=1S/C26H30Cl2N4O2/c1-18-24(20-8-5-9-21(27)23(20)28)31-22(14-33)25(30-18)32-12-10-26(16-29,11-13-32)17-34-15-19-6-3-2-4-7-19/h2-9,33H,10-17,29H2,1H3. The molecule has 0 atom stereocenters. The third-order valence-electron chi connectivity index (χ3n) is 6.55. The molecule has 34 heavy (non-hydrogen) atoms. The number of aliphatic hydroxyl groups is 1. The van der Waals surface area contributed by atoms with Gasteiger partial charge in [-0.3, -0.25) is 0 Å². The van der Waals surface area contributed by atoms with Gasteiger partial charge in [-0.05, 0) is 31.4 Å². The molecule has 1 aliphatic rings. The van der Waals surface area contributed by atoms with Crippen LogP contribution in [0, 0.1) is 12.3 Å². The van der Waals surface area contributed by atoms with Crippen molar-refractivity contribution in [1.82, 2.24) is 9.97 Å². The Morgan fingerprint density at radius 3 is 2.47 bits per heavy atom. The topological polar surface area (TPSA) is 84.5 Å². The summed E-state index contributed by atoms with van der Waals surface area (Å²) in [6.07, 6.45) is 1.76. The molecule has 0 radical (unpaired) electrons. The zero-order chi connectivity index (χ0) is 24.1. The second-order valence-corrected chi connectivity index (χ2v) is 9.64. The maximum Gasteiger partial charge on any atom is 0.153 e. The van der Waals surface area contributed by atoms with E-state index >= 15 is 0 Å². The number of piperidine rings is 1. The summed E-state index contributed by atoms with van der Waals surface area (Å²) in [6.45, 7) is 4.99. The second-order valence-electron chi connectivity index (χ2n) is 8.86. The van der Waals surface area contributed by atoms with Crippen LogP contribution in [0.25, 0.3) is 11.3 Å². The summed E-state index contributed by atoms with van der Waals surface area (Å²) in [5.74, 6) is 0.706. The Morgan fingerprint density at radius 1 is 1.06 bits per heavy atom. The third kappa shape index (κ3) is 5.37. The van der Waals surface area contributed by atoms with Crippen molar-refractivity contribution in [1.29, 1.82) is 0 Å². The van der Waals surface area contributed by atoms with E-state index in [-0.39, 0.29) is 12.0 Å². The highest BCUT2D eigenvalue weighted by Gasteiger charge is 2.35. The molecule has 1 aliphatic heterocycles. The van der Waals surface area contributed by atoms with E-state index in [2.05, 4.69) is 17.0 Å². The molecule has 0 amide bonds. The fourth-order valence-electron chi connectivity index (χ4n) is 4.40. The Labute approximate surface area is 210 Å². The monoisotopic (exact) mass is 500 g/mol. The lowest BCUT2D eigenvalue weighted by atomic mass is 9.79. The first-order chi connectivity index (χ1) is 16.5. The van der Waals surface area contributed by atoms with Crippen molar-refractivity contribution in [2.75, 3.05) is 31.1 Å². The van der Waals surface area contributed by atoms with Gasteiger partial charge in [-0.2, -0.15) is 0 Å². The van der Waals surface area contributed by atoms with Gasteiger partial charge in [0.05, 0.1) is 41.3 Å². The molecule has 0 unspecified atom stereocenters. The molecule has 4 rings (SSSR count). The van der Waals surface area contributed by atoms with Gasteiger partial charge >= 0.3 is 0 Å². The normalized spacial score (nSPS) is 15.5. The number of halogens is 2. The Hall–Kier alpha value is -2.22. The van der Waals surface area contributed by atoms with E-state index in [1.807, 2.05) is 37.3 Å². The van der Waals surface area contributed by atoms with E-state index in [9.17, 15) is 5.11 Å². The molecule has 0 aliphatic carbocycles. The van der Waals surface area contributed by atoms with Crippen LogP contribution < -0.4 is 10.6 Å². The molecule has 6 nitrogen and oxygen atoms in total. The molecule has 0 spiro atoms. The predicted molar refractivity (Wildman–Crippen MR) is 137 cm³/mol. The van der Waals surface area contributed by atoms with Crippen LogP contribution in [0.5, 0.6) is 0 Å². The van der Waals surface area contributed by atoms with Gasteiger partial charge in [0.1, 0.15) is 5.69 Å². The number of aryl methyl sites for hydroxylation is 1. The molecule has 180 valence electrons. The smallest absolute Gasteiger partial charge is 0.153 e. The molecule has 2 heterocycles. The van der Waals surface area contributed by atoms with Crippen LogP contribution in [0.15, 0.2) is 48.5 Å².